The smallest absolute Gasteiger partial charge is 0.0484 e. The average Bonchev–Trinajstić information content (AvgIpc) is 2.04. The fourth-order valence-corrected chi connectivity index (χ4v) is 1.46. The van der Waals surface area contributed by atoms with Gasteiger partial charge in [0.1, 0.15) is 0 Å². The molecule has 0 spiro atoms. The van der Waals surface area contributed by atoms with Gasteiger partial charge in [-0.15, -0.1) is 6.58 Å². The van der Waals surface area contributed by atoms with E-state index in [9.17, 15) is 5.11 Å². The second-order valence-corrected chi connectivity index (χ2v) is 4.69. The van der Waals surface area contributed by atoms with Crippen molar-refractivity contribution in [3.05, 3.63) is 12.7 Å². The average molecular weight is 170 g/mol. The van der Waals surface area contributed by atoms with Crippen LogP contribution in [-0.4, -0.2) is 11.7 Å². The third-order valence-electron chi connectivity index (χ3n) is 2.67. The topological polar surface area (TPSA) is 20.2 Å². The Hall–Kier alpha value is -0.300. The van der Waals surface area contributed by atoms with E-state index >= 15 is 0 Å². The predicted octanol–water partition coefficient (Wildman–Crippen LogP) is 3.00. The highest BCUT2D eigenvalue weighted by molar-refractivity contribution is 4.92. The molecular weight excluding hydrogens is 148 g/mol. The van der Waals surface area contributed by atoms with Gasteiger partial charge < -0.3 is 5.11 Å². The van der Waals surface area contributed by atoms with Crippen LogP contribution in [0.15, 0.2) is 12.7 Å². The minimum absolute atomic E-state index is 0.0533. The Balaban J connectivity index is 4.29. The minimum Gasteiger partial charge on any atom is -0.396 e. The van der Waals surface area contributed by atoms with Crippen LogP contribution in [0.25, 0.3) is 0 Å². The summed E-state index contributed by atoms with van der Waals surface area (Å²) >= 11 is 0. The predicted molar refractivity (Wildman–Crippen MR) is 54.1 cm³/mol. The van der Waals surface area contributed by atoms with E-state index in [1.807, 2.05) is 6.08 Å². The van der Waals surface area contributed by atoms with Crippen LogP contribution in [0.3, 0.4) is 0 Å². The van der Waals surface area contributed by atoms with Gasteiger partial charge in [0.2, 0.25) is 0 Å². The first-order valence-corrected chi connectivity index (χ1v) is 4.63. The van der Waals surface area contributed by atoms with Gasteiger partial charge in [0, 0.05) is 6.61 Å². The third-order valence-corrected chi connectivity index (χ3v) is 2.67. The molecule has 0 fully saturated rings. The van der Waals surface area contributed by atoms with Gasteiger partial charge >= 0.3 is 0 Å². The van der Waals surface area contributed by atoms with E-state index in [-0.39, 0.29) is 17.4 Å². The van der Waals surface area contributed by atoms with Crippen molar-refractivity contribution in [3.63, 3.8) is 0 Å². The highest BCUT2D eigenvalue weighted by Crippen LogP contribution is 2.36. The minimum atomic E-state index is 0.0533. The third kappa shape index (κ3) is 3.40. The van der Waals surface area contributed by atoms with Crippen molar-refractivity contribution >= 4 is 0 Å². The molecule has 1 unspecified atom stereocenters. The molecule has 0 saturated carbocycles. The Morgan fingerprint density at radius 3 is 2.08 bits per heavy atom. The SMILES string of the molecule is C=CC(C)(C)CC(C)(CC)CO. The van der Waals surface area contributed by atoms with Crippen LogP contribution in [0.4, 0.5) is 0 Å². The van der Waals surface area contributed by atoms with Crippen LogP contribution < -0.4 is 0 Å². The summed E-state index contributed by atoms with van der Waals surface area (Å²) in [4.78, 5) is 0. The largest absolute Gasteiger partial charge is 0.396 e. The monoisotopic (exact) mass is 170 g/mol. The highest BCUT2D eigenvalue weighted by Gasteiger charge is 2.28. The number of aliphatic hydroxyl groups excluding tert-OH is 1. The van der Waals surface area contributed by atoms with Crippen molar-refractivity contribution in [2.24, 2.45) is 10.8 Å². The summed E-state index contributed by atoms with van der Waals surface area (Å²) in [5, 5.41) is 9.21. The second-order valence-electron chi connectivity index (χ2n) is 4.69. The molecule has 1 atom stereocenters. The molecule has 12 heavy (non-hydrogen) atoms. The maximum absolute atomic E-state index is 9.21. The van der Waals surface area contributed by atoms with E-state index < -0.39 is 0 Å². The zero-order chi connectivity index (χ0) is 9.83. The number of allylic oxidation sites excluding steroid dienone is 1. The van der Waals surface area contributed by atoms with Gasteiger partial charge in [0.05, 0.1) is 0 Å². The van der Waals surface area contributed by atoms with Gasteiger partial charge in [-0.3, -0.25) is 0 Å². The second kappa shape index (κ2) is 4.08. The maximum atomic E-state index is 9.21. The van der Waals surface area contributed by atoms with E-state index in [0.29, 0.717) is 0 Å². The lowest BCUT2D eigenvalue weighted by atomic mass is 9.73. The van der Waals surface area contributed by atoms with E-state index in [1.165, 1.54) is 0 Å². The zero-order valence-corrected chi connectivity index (χ0v) is 8.85. The van der Waals surface area contributed by atoms with Crippen LogP contribution in [0, 0.1) is 10.8 Å². The van der Waals surface area contributed by atoms with Crippen LogP contribution in [0.1, 0.15) is 40.5 Å². The molecule has 1 nitrogen and oxygen atoms in total. The fraction of sp³-hybridized carbons (Fsp3) is 0.818. The van der Waals surface area contributed by atoms with E-state index in [2.05, 4.69) is 34.3 Å². The summed E-state index contributed by atoms with van der Waals surface area (Å²) in [6, 6.07) is 0. The molecule has 0 rings (SSSR count). The van der Waals surface area contributed by atoms with Crippen LogP contribution in [0.5, 0.6) is 0 Å². The molecule has 0 aromatic heterocycles. The summed E-state index contributed by atoms with van der Waals surface area (Å²) in [5.74, 6) is 0. The standard InChI is InChI=1S/C11H22O/c1-6-10(3,4)8-11(5,7-2)9-12/h6,12H,1,7-9H2,2-5H3. The zero-order valence-electron chi connectivity index (χ0n) is 8.85. The van der Waals surface area contributed by atoms with Crippen molar-refractivity contribution in [1.82, 2.24) is 0 Å². The number of hydrogen-bond acceptors (Lipinski definition) is 1. The molecule has 0 radical (unpaired) electrons. The summed E-state index contributed by atoms with van der Waals surface area (Å²) in [7, 11) is 0. The molecule has 0 aliphatic rings. The van der Waals surface area contributed by atoms with Crippen molar-refractivity contribution in [2.75, 3.05) is 6.61 Å². The lowest BCUT2D eigenvalue weighted by Crippen LogP contribution is -2.27. The normalized spacial score (nSPS) is 17.1. The lowest BCUT2D eigenvalue weighted by Gasteiger charge is -2.33. The molecule has 0 heterocycles. The van der Waals surface area contributed by atoms with Gasteiger partial charge in [-0.05, 0) is 23.7 Å². The van der Waals surface area contributed by atoms with Gasteiger partial charge in [-0.1, -0.05) is 33.8 Å². The molecular formula is C11H22O. The van der Waals surface area contributed by atoms with Crippen molar-refractivity contribution in [3.8, 4) is 0 Å². The number of aliphatic hydroxyl groups is 1. The Bertz CT molecular complexity index is 143. The van der Waals surface area contributed by atoms with E-state index in [1.54, 1.807) is 0 Å². The fourth-order valence-electron chi connectivity index (χ4n) is 1.46. The maximum Gasteiger partial charge on any atom is 0.0484 e. The molecule has 1 N–H and O–H groups in total. The molecule has 0 aromatic carbocycles. The summed E-state index contributed by atoms with van der Waals surface area (Å²) < 4.78 is 0. The van der Waals surface area contributed by atoms with Crippen LogP contribution >= 0.6 is 0 Å². The van der Waals surface area contributed by atoms with Crippen LogP contribution in [-0.2, 0) is 0 Å². The first-order valence-electron chi connectivity index (χ1n) is 4.63. The Morgan fingerprint density at radius 2 is 1.83 bits per heavy atom. The molecule has 72 valence electrons. The van der Waals surface area contributed by atoms with Crippen molar-refractivity contribution in [1.29, 1.82) is 0 Å². The summed E-state index contributed by atoms with van der Waals surface area (Å²) in [5.41, 5.74) is 0.186. The number of rotatable bonds is 5. The van der Waals surface area contributed by atoms with Gasteiger partial charge in [-0.25, -0.2) is 0 Å². The van der Waals surface area contributed by atoms with Crippen LogP contribution in [0.2, 0.25) is 0 Å². The first-order chi connectivity index (χ1) is 5.39. The lowest BCUT2D eigenvalue weighted by molar-refractivity contribution is 0.0981. The molecule has 0 aliphatic heterocycles. The summed E-state index contributed by atoms with van der Waals surface area (Å²) in [6.45, 7) is 12.6. The molecule has 0 saturated heterocycles. The van der Waals surface area contributed by atoms with Crippen molar-refractivity contribution in [2.45, 2.75) is 40.5 Å². The molecule has 1 heteroatoms. The van der Waals surface area contributed by atoms with Crippen molar-refractivity contribution < 1.29 is 5.11 Å². The van der Waals surface area contributed by atoms with E-state index in [0.717, 1.165) is 12.8 Å². The Morgan fingerprint density at radius 1 is 1.33 bits per heavy atom. The van der Waals surface area contributed by atoms with Gasteiger partial charge in [0.15, 0.2) is 0 Å². The Kier molecular flexibility index (Phi) is 3.98. The first kappa shape index (κ1) is 11.7. The highest BCUT2D eigenvalue weighted by atomic mass is 16.3. The molecule has 0 aromatic rings. The summed E-state index contributed by atoms with van der Waals surface area (Å²) in [6.07, 6.45) is 3.98. The quantitative estimate of drug-likeness (QED) is 0.629. The molecule has 0 aliphatic carbocycles. The van der Waals surface area contributed by atoms with Gasteiger partial charge in [-0.2, -0.15) is 0 Å². The number of hydrogen-bond donors (Lipinski definition) is 1. The molecule has 0 bridgehead atoms. The Labute approximate surface area is 76.5 Å². The van der Waals surface area contributed by atoms with E-state index in [4.69, 9.17) is 0 Å². The molecule has 0 amide bonds. The van der Waals surface area contributed by atoms with Gasteiger partial charge in [0.25, 0.3) is 0 Å².